The van der Waals surface area contributed by atoms with Crippen LogP contribution in [0.1, 0.15) is 24.8 Å². The molecule has 0 saturated carbocycles. The first-order valence-electron chi connectivity index (χ1n) is 10.4. The fourth-order valence-electron chi connectivity index (χ4n) is 4.04. The van der Waals surface area contributed by atoms with E-state index < -0.39 is 0 Å². The Morgan fingerprint density at radius 3 is 2.62 bits per heavy atom. The number of phenolic OH excluding ortho intramolecular Hbond substituents is 1. The van der Waals surface area contributed by atoms with Crippen molar-refractivity contribution in [2.45, 2.75) is 25.5 Å². The van der Waals surface area contributed by atoms with Crippen LogP contribution in [-0.2, 0) is 4.74 Å². The molecule has 0 bridgehead atoms. The highest BCUT2D eigenvalue weighted by Gasteiger charge is 2.22. The van der Waals surface area contributed by atoms with Gasteiger partial charge in [0.25, 0.3) is 0 Å². The van der Waals surface area contributed by atoms with Crippen molar-refractivity contribution in [3.63, 3.8) is 0 Å². The van der Waals surface area contributed by atoms with Crippen molar-refractivity contribution >= 4 is 17.6 Å². The number of hydrogen-bond acceptors (Lipinski definition) is 6. The fourth-order valence-corrected chi connectivity index (χ4v) is 4.04. The molecule has 2 heterocycles. The van der Waals surface area contributed by atoms with Crippen molar-refractivity contribution in [3.8, 4) is 16.9 Å². The average Bonchev–Trinajstić information content (AvgIpc) is 2.71. The zero-order chi connectivity index (χ0) is 20.2. The van der Waals surface area contributed by atoms with E-state index in [1.54, 1.807) is 12.1 Å². The van der Waals surface area contributed by atoms with E-state index in [4.69, 9.17) is 10.1 Å². The van der Waals surface area contributed by atoms with Crippen LogP contribution in [0.2, 0.25) is 0 Å². The van der Waals surface area contributed by atoms with Crippen molar-refractivity contribution in [1.29, 1.82) is 5.41 Å². The summed E-state index contributed by atoms with van der Waals surface area (Å²) < 4.78 is 5.89. The summed E-state index contributed by atoms with van der Waals surface area (Å²) in [5.41, 5.74) is 4.94. The number of rotatable bonds is 7. The maximum absolute atomic E-state index is 9.66. The summed E-state index contributed by atoms with van der Waals surface area (Å²) in [4.78, 5) is 2.25. The minimum absolute atomic E-state index is 0.0218. The molecule has 0 radical (unpaired) electrons. The van der Waals surface area contributed by atoms with E-state index in [9.17, 15) is 5.11 Å². The predicted molar refractivity (Wildman–Crippen MR) is 118 cm³/mol. The SMILES string of the molecule is CN(CC1CNC1)c1cc(-c2ccc(O)cc2)cc(NC2CCCCO2)c1C=N. The lowest BCUT2D eigenvalue weighted by Gasteiger charge is -2.34. The molecular formula is C23H30N4O2. The lowest BCUT2D eigenvalue weighted by atomic mass is 9.98. The van der Waals surface area contributed by atoms with Gasteiger partial charge in [-0.1, -0.05) is 12.1 Å². The number of ether oxygens (including phenoxy) is 1. The summed E-state index contributed by atoms with van der Waals surface area (Å²) in [6.07, 6.45) is 4.64. The molecule has 0 amide bonds. The van der Waals surface area contributed by atoms with E-state index in [2.05, 4.69) is 34.7 Å². The lowest BCUT2D eigenvalue weighted by molar-refractivity contribution is 0.0343. The maximum Gasteiger partial charge on any atom is 0.127 e. The van der Waals surface area contributed by atoms with Gasteiger partial charge in [0.1, 0.15) is 12.0 Å². The minimum atomic E-state index is -0.0218. The van der Waals surface area contributed by atoms with E-state index >= 15 is 0 Å². The number of phenols is 1. The normalized spacial score (nSPS) is 19.4. The van der Waals surface area contributed by atoms with Gasteiger partial charge in [-0.15, -0.1) is 0 Å². The van der Waals surface area contributed by atoms with E-state index in [1.165, 1.54) is 6.21 Å². The van der Waals surface area contributed by atoms with Crippen LogP contribution in [-0.4, -0.2) is 50.8 Å². The first-order chi connectivity index (χ1) is 14.1. The van der Waals surface area contributed by atoms with Gasteiger partial charge in [0.05, 0.1) is 0 Å². The van der Waals surface area contributed by atoms with Crippen molar-refractivity contribution in [3.05, 3.63) is 42.0 Å². The van der Waals surface area contributed by atoms with Crippen LogP contribution in [0.3, 0.4) is 0 Å². The molecule has 2 saturated heterocycles. The van der Waals surface area contributed by atoms with Crippen LogP contribution >= 0.6 is 0 Å². The Hall–Kier alpha value is -2.57. The van der Waals surface area contributed by atoms with Gasteiger partial charge in [0.15, 0.2) is 0 Å². The highest BCUT2D eigenvalue weighted by molar-refractivity contribution is 5.96. The highest BCUT2D eigenvalue weighted by atomic mass is 16.5. The Morgan fingerprint density at radius 2 is 2.00 bits per heavy atom. The zero-order valence-corrected chi connectivity index (χ0v) is 16.9. The van der Waals surface area contributed by atoms with Gasteiger partial charge < -0.3 is 30.8 Å². The van der Waals surface area contributed by atoms with Gasteiger partial charge in [-0.25, -0.2) is 0 Å². The first-order valence-corrected chi connectivity index (χ1v) is 10.4. The van der Waals surface area contributed by atoms with Crippen LogP contribution in [0.15, 0.2) is 36.4 Å². The second kappa shape index (κ2) is 8.84. The predicted octanol–water partition coefficient (Wildman–Crippen LogP) is 3.65. The molecule has 0 spiro atoms. The Kier molecular flexibility index (Phi) is 6.02. The van der Waals surface area contributed by atoms with Crippen LogP contribution in [0.25, 0.3) is 11.1 Å². The van der Waals surface area contributed by atoms with Crippen LogP contribution in [0.5, 0.6) is 5.75 Å². The standard InChI is InChI=1S/C23H30N4O2/c1-27(15-16-13-25-14-16)22-11-18(17-5-7-19(28)8-6-17)10-21(20(22)12-24)26-23-4-2-3-9-29-23/h5-8,10-12,16,23-26,28H,2-4,9,13-15H2,1H3. The Morgan fingerprint density at radius 1 is 1.21 bits per heavy atom. The zero-order valence-electron chi connectivity index (χ0n) is 16.9. The summed E-state index contributed by atoms with van der Waals surface area (Å²) in [6, 6.07) is 11.5. The van der Waals surface area contributed by atoms with Crippen LogP contribution < -0.4 is 15.5 Å². The molecule has 2 aliphatic heterocycles. The number of nitrogens with zero attached hydrogens (tertiary/aromatic N) is 1. The van der Waals surface area contributed by atoms with Gasteiger partial charge >= 0.3 is 0 Å². The number of benzene rings is 2. The minimum Gasteiger partial charge on any atom is -0.508 e. The van der Waals surface area contributed by atoms with Gasteiger partial charge in [-0.3, -0.25) is 0 Å². The summed E-state index contributed by atoms with van der Waals surface area (Å²) in [5.74, 6) is 0.891. The largest absolute Gasteiger partial charge is 0.508 e. The third-order valence-corrected chi connectivity index (χ3v) is 5.81. The average molecular weight is 395 g/mol. The Bertz CT molecular complexity index is 843. The summed E-state index contributed by atoms with van der Waals surface area (Å²) in [5, 5.41) is 24.6. The molecule has 2 aromatic rings. The second-order valence-corrected chi connectivity index (χ2v) is 8.05. The molecule has 0 aliphatic carbocycles. The van der Waals surface area contributed by atoms with Gasteiger partial charge in [-0.2, -0.15) is 0 Å². The van der Waals surface area contributed by atoms with Crippen molar-refractivity contribution in [2.24, 2.45) is 5.92 Å². The van der Waals surface area contributed by atoms with E-state index in [0.717, 1.165) is 73.6 Å². The molecule has 2 aliphatic rings. The summed E-state index contributed by atoms with van der Waals surface area (Å²) in [6.45, 7) is 3.81. The second-order valence-electron chi connectivity index (χ2n) is 8.05. The van der Waals surface area contributed by atoms with Crippen molar-refractivity contribution < 1.29 is 9.84 Å². The number of anilines is 2. The molecule has 2 aromatic carbocycles. The van der Waals surface area contributed by atoms with E-state index in [0.29, 0.717) is 5.92 Å². The molecule has 1 atom stereocenters. The quantitative estimate of drug-likeness (QED) is 0.539. The molecule has 4 rings (SSSR count). The maximum atomic E-state index is 9.66. The molecule has 29 heavy (non-hydrogen) atoms. The monoisotopic (exact) mass is 394 g/mol. The third-order valence-electron chi connectivity index (χ3n) is 5.81. The van der Waals surface area contributed by atoms with E-state index in [-0.39, 0.29) is 12.0 Å². The van der Waals surface area contributed by atoms with Gasteiger partial charge in [0.2, 0.25) is 0 Å². The van der Waals surface area contributed by atoms with Crippen LogP contribution in [0.4, 0.5) is 11.4 Å². The molecule has 6 heteroatoms. The summed E-state index contributed by atoms with van der Waals surface area (Å²) in [7, 11) is 2.10. The number of hydrogen-bond donors (Lipinski definition) is 4. The molecule has 6 nitrogen and oxygen atoms in total. The fraction of sp³-hybridized carbons (Fsp3) is 0.435. The number of nitrogens with one attached hydrogen (secondary N) is 3. The highest BCUT2D eigenvalue weighted by Crippen LogP contribution is 2.35. The van der Waals surface area contributed by atoms with Crippen LogP contribution in [0, 0.1) is 11.3 Å². The van der Waals surface area contributed by atoms with E-state index in [1.807, 2.05) is 12.1 Å². The molecule has 4 N–H and O–H groups in total. The molecule has 2 fully saturated rings. The summed E-state index contributed by atoms with van der Waals surface area (Å²) >= 11 is 0. The first kappa shape index (κ1) is 19.7. The third kappa shape index (κ3) is 4.54. The molecule has 1 unspecified atom stereocenters. The molecular weight excluding hydrogens is 364 g/mol. The van der Waals surface area contributed by atoms with Gasteiger partial charge in [-0.05, 0) is 54.7 Å². The Labute approximate surface area is 172 Å². The number of aromatic hydroxyl groups is 1. The molecule has 154 valence electrons. The molecule has 0 aromatic heterocycles. The lowest BCUT2D eigenvalue weighted by Crippen LogP contribution is -2.47. The van der Waals surface area contributed by atoms with Crippen molar-refractivity contribution in [2.75, 3.05) is 43.5 Å². The van der Waals surface area contributed by atoms with Crippen molar-refractivity contribution in [1.82, 2.24) is 5.32 Å². The smallest absolute Gasteiger partial charge is 0.127 e. The Balaban J connectivity index is 1.71. The topological polar surface area (TPSA) is 80.6 Å². The van der Waals surface area contributed by atoms with Gasteiger partial charge in [0, 0.05) is 62.4 Å².